The summed E-state index contributed by atoms with van der Waals surface area (Å²) in [6, 6.07) is 7.79. The van der Waals surface area contributed by atoms with Crippen LogP contribution in [0.3, 0.4) is 0 Å². The van der Waals surface area contributed by atoms with Crippen molar-refractivity contribution in [3.63, 3.8) is 0 Å². The largest absolute Gasteiger partial charge is 0.371 e. The maximum atomic E-state index is 11.6. The lowest BCUT2D eigenvalue weighted by Crippen LogP contribution is -2.31. The summed E-state index contributed by atoms with van der Waals surface area (Å²) >= 11 is 0. The van der Waals surface area contributed by atoms with E-state index in [0.717, 1.165) is 45.0 Å². The Labute approximate surface area is 161 Å². The minimum Gasteiger partial charge on any atom is -0.371 e. The van der Waals surface area contributed by atoms with Crippen LogP contribution in [0.25, 0.3) is 33.5 Å². The predicted octanol–water partition coefficient (Wildman–Crippen LogP) is 1.39. The van der Waals surface area contributed by atoms with Crippen LogP contribution in [0, 0.1) is 0 Å². The third-order valence-corrected chi connectivity index (χ3v) is 4.56. The van der Waals surface area contributed by atoms with Crippen LogP contribution in [-0.4, -0.2) is 51.1 Å². The van der Waals surface area contributed by atoms with E-state index in [1.165, 1.54) is 0 Å². The van der Waals surface area contributed by atoms with Crippen LogP contribution in [0.4, 0.5) is 5.82 Å². The molecule has 1 amide bonds. The minimum atomic E-state index is -0.0669. The Morgan fingerprint density at radius 2 is 2.11 bits per heavy atom. The van der Waals surface area contributed by atoms with Gasteiger partial charge in [0, 0.05) is 19.5 Å². The lowest BCUT2D eigenvalue weighted by molar-refractivity contribution is -0.120. The second-order valence-corrected chi connectivity index (χ2v) is 6.53. The minimum absolute atomic E-state index is 0.0669. The van der Waals surface area contributed by atoms with Crippen LogP contribution in [0.1, 0.15) is 5.69 Å². The van der Waals surface area contributed by atoms with Gasteiger partial charge in [-0.05, 0) is 25.2 Å². The van der Waals surface area contributed by atoms with Crippen molar-refractivity contribution in [1.82, 2.24) is 35.1 Å². The van der Waals surface area contributed by atoms with Gasteiger partial charge in [0.25, 0.3) is 0 Å². The van der Waals surface area contributed by atoms with Crippen LogP contribution in [0.2, 0.25) is 0 Å². The van der Waals surface area contributed by atoms with Gasteiger partial charge in [-0.3, -0.25) is 4.79 Å². The molecule has 0 atom stereocenters. The number of carbonyl (C=O) groups excluding carboxylic acids is 1. The summed E-state index contributed by atoms with van der Waals surface area (Å²) in [6.45, 7) is 0.657. The first kappa shape index (κ1) is 17.9. The third kappa shape index (κ3) is 3.16. The highest BCUT2D eigenvalue weighted by molar-refractivity contribution is 6.07. The van der Waals surface area contributed by atoms with Crippen molar-refractivity contribution >= 4 is 33.8 Å². The van der Waals surface area contributed by atoms with Gasteiger partial charge in [0.05, 0.1) is 42.0 Å². The van der Waals surface area contributed by atoms with Gasteiger partial charge in [-0.15, -0.1) is 0 Å². The number of hydrogen-bond donors (Lipinski definition) is 4. The average molecular weight is 378 g/mol. The summed E-state index contributed by atoms with van der Waals surface area (Å²) < 4.78 is 1.99. The lowest BCUT2D eigenvalue weighted by atomic mass is 10.2. The number of anilines is 1. The molecule has 0 bridgehead atoms. The highest BCUT2D eigenvalue weighted by Gasteiger charge is 2.15. The number of hydrogen-bond acceptors (Lipinski definition) is 6. The van der Waals surface area contributed by atoms with E-state index in [9.17, 15) is 4.79 Å². The Morgan fingerprint density at radius 3 is 2.89 bits per heavy atom. The number of fused-ring (bicyclic) bond motifs is 3. The summed E-state index contributed by atoms with van der Waals surface area (Å²) in [6.07, 6.45) is 1.78. The number of nitrogens with one attached hydrogen (secondary N) is 4. The molecular weight excluding hydrogens is 356 g/mol. The maximum Gasteiger partial charge on any atom is 0.234 e. The molecule has 4 aromatic rings. The zero-order chi connectivity index (χ0) is 19.7. The van der Waals surface area contributed by atoms with Crippen molar-refractivity contribution in [2.45, 2.75) is 6.54 Å². The van der Waals surface area contributed by atoms with Gasteiger partial charge >= 0.3 is 0 Å². The first-order valence-electron chi connectivity index (χ1n) is 8.99. The van der Waals surface area contributed by atoms with Crippen molar-refractivity contribution in [3.8, 4) is 11.4 Å². The number of carbonyl (C=O) groups is 1. The number of rotatable bonds is 6. The zero-order valence-corrected chi connectivity index (χ0v) is 16.0. The number of aromatic amines is 1. The van der Waals surface area contributed by atoms with Crippen molar-refractivity contribution in [3.05, 3.63) is 36.3 Å². The Morgan fingerprint density at radius 1 is 1.25 bits per heavy atom. The van der Waals surface area contributed by atoms with Gasteiger partial charge in [0.15, 0.2) is 5.82 Å². The van der Waals surface area contributed by atoms with Crippen molar-refractivity contribution in [2.24, 2.45) is 7.05 Å². The molecule has 4 rings (SSSR count). The van der Waals surface area contributed by atoms with E-state index in [0.29, 0.717) is 6.54 Å². The molecule has 28 heavy (non-hydrogen) atoms. The van der Waals surface area contributed by atoms with Crippen LogP contribution < -0.4 is 16.0 Å². The van der Waals surface area contributed by atoms with Gasteiger partial charge in [-0.2, -0.15) is 0 Å². The van der Waals surface area contributed by atoms with E-state index < -0.39 is 0 Å². The topological polar surface area (TPSA) is 113 Å². The van der Waals surface area contributed by atoms with Crippen LogP contribution >= 0.6 is 0 Å². The van der Waals surface area contributed by atoms with Crippen LogP contribution in [0.15, 0.2) is 30.6 Å². The molecule has 0 aliphatic rings. The number of aryl methyl sites for hydroxylation is 1. The van der Waals surface area contributed by atoms with Crippen molar-refractivity contribution in [2.75, 3.05) is 26.0 Å². The molecule has 0 aliphatic carbocycles. The van der Waals surface area contributed by atoms with E-state index >= 15 is 0 Å². The van der Waals surface area contributed by atoms with Gasteiger partial charge in [0.1, 0.15) is 11.2 Å². The summed E-state index contributed by atoms with van der Waals surface area (Å²) in [5.41, 5.74) is 5.05. The molecule has 0 spiro atoms. The molecule has 4 N–H and O–H groups in total. The summed E-state index contributed by atoms with van der Waals surface area (Å²) in [5, 5.41) is 9.76. The van der Waals surface area contributed by atoms with Gasteiger partial charge in [0.2, 0.25) is 5.91 Å². The molecular formula is C19H22N8O. The standard InChI is InChI=1S/C19H22N8O/c1-20-9-15(28)22-8-11-5-4-6-13(24-11)14-7-12-17-16(23-10-27(17)3)19(21-2)26-18(12)25-14/h4-7,10,20H,8-9H2,1-3H3,(H,22,28)(H2,21,25,26). The molecule has 9 heteroatoms. The highest BCUT2D eigenvalue weighted by Crippen LogP contribution is 2.31. The number of H-pyrrole nitrogens is 1. The number of nitrogens with zero attached hydrogens (tertiary/aromatic N) is 4. The van der Waals surface area contributed by atoms with E-state index in [4.69, 9.17) is 0 Å². The van der Waals surface area contributed by atoms with E-state index in [-0.39, 0.29) is 12.5 Å². The molecule has 0 saturated carbocycles. The number of aromatic nitrogens is 5. The zero-order valence-electron chi connectivity index (χ0n) is 16.0. The SMILES string of the molecule is CNCC(=O)NCc1cccc(-c2cc3c(nc(NC)c4ncn(C)c43)[nH]2)n1. The fourth-order valence-corrected chi connectivity index (χ4v) is 3.25. The normalized spacial score (nSPS) is 11.2. The number of imidazole rings is 1. The Bertz CT molecular complexity index is 1160. The van der Waals surface area contributed by atoms with E-state index in [1.54, 1.807) is 13.4 Å². The molecule has 0 radical (unpaired) electrons. The van der Waals surface area contributed by atoms with E-state index in [2.05, 4.69) is 35.9 Å². The molecule has 9 nitrogen and oxygen atoms in total. The Kier molecular flexibility index (Phi) is 4.66. The number of likely N-dealkylation sites (N-methyl/N-ethyl adjacent to an activating group) is 1. The lowest BCUT2D eigenvalue weighted by Gasteiger charge is -2.05. The summed E-state index contributed by atoms with van der Waals surface area (Å²) in [4.78, 5) is 28.8. The van der Waals surface area contributed by atoms with Gasteiger partial charge < -0.3 is 25.5 Å². The molecule has 144 valence electrons. The molecule has 0 fully saturated rings. The first-order valence-corrected chi connectivity index (χ1v) is 8.99. The first-order chi connectivity index (χ1) is 13.6. The molecule has 4 heterocycles. The Hall–Kier alpha value is -3.46. The molecule has 0 unspecified atom stereocenters. The monoisotopic (exact) mass is 378 g/mol. The quantitative estimate of drug-likeness (QED) is 0.403. The average Bonchev–Trinajstić information content (AvgIpc) is 3.30. The highest BCUT2D eigenvalue weighted by atomic mass is 16.1. The van der Waals surface area contributed by atoms with Crippen molar-refractivity contribution in [1.29, 1.82) is 0 Å². The predicted molar refractivity (Wildman–Crippen MR) is 109 cm³/mol. The van der Waals surface area contributed by atoms with Crippen LogP contribution in [0.5, 0.6) is 0 Å². The Balaban J connectivity index is 1.72. The second-order valence-electron chi connectivity index (χ2n) is 6.53. The van der Waals surface area contributed by atoms with E-state index in [1.807, 2.05) is 42.9 Å². The van der Waals surface area contributed by atoms with Crippen molar-refractivity contribution < 1.29 is 4.79 Å². The summed E-state index contributed by atoms with van der Waals surface area (Å²) in [5.74, 6) is 0.660. The van der Waals surface area contributed by atoms with Gasteiger partial charge in [-0.1, -0.05) is 6.07 Å². The second kappa shape index (κ2) is 7.28. The maximum absolute atomic E-state index is 11.6. The fraction of sp³-hybridized carbons (Fsp3) is 0.263. The fourth-order valence-electron chi connectivity index (χ4n) is 3.25. The third-order valence-electron chi connectivity index (χ3n) is 4.56. The molecule has 4 aromatic heterocycles. The van der Waals surface area contributed by atoms with Crippen LogP contribution in [-0.2, 0) is 18.4 Å². The molecule has 0 saturated heterocycles. The molecule has 0 aromatic carbocycles. The molecule has 0 aliphatic heterocycles. The van der Waals surface area contributed by atoms with Gasteiger partial charge in [-0.25, -0.2) is 15.0 Å². The summed E-state index contributed by atoms with van der Waals surface area (Å²) in [7, 11) is 5.54. The number of amides is 1. The number of pyridine rings is 2. The smallest absolute Gasteiger partial charge is 0.234 e.